The van der Waals surface area contributed by atoms with Gasteiger partial charge < -0.3 is 14.2 Å². The molecule has 0 aliphatic rings. The van der Waals surface area contributed by atoms with Crippen LogP contribution in [0.3, 0.4) is 0 Å². The van der Waals surface area contributed by atoms with Crippen LogP contribution >= 0.6 is 0 Å². The Hall–Kier alpha value is -2.54. The molecule has 25 heavy (non-hydrogen) atoms. The summed E-state index contributed by atoms with van der Waals surface area (Å²) < 4.78 is 35.8. The molecule has 0 aliphatic carbocycles. The average Bonchev–Trinajstić information content (AvgIpc) is 2.52. The van der Waals surface area contributed by atoms with Gasteiger partial charge in [-0.25, -0.2) is 0 Å². The SMILES string of the molecule is CCOc1cc(C)c(S(=O)(=O)Oc2ccc(NC(C)=O)cc2)cc1C. The Morgan fingerprint density at radius 2 is 1.72 bits per heavy atom. The number of carbonyl (C=O) groups excluding carboxylic acids is 1. The van der Waals surface area contributed by atoms with Crippen molar-refractivity contribution >= 4 is 21.7 Å². The molecule has 0 atom stereocenters. The lowest BCUT2D eigenvalue weighted by Gasteiger charge is -2.13. The second-order valence-electron chi connectivity index (χ2n) is 5.56. The molecule has 0 fully saturated rings. The van der Waals surface area contributed by atoms with Crippen molar-refractivity contribution in [2.24, 2.45) is 0 Å². The van der Waals surface area contributed by atoms with Crippen LogP contribution in [0.1, 0.15) is 25.0 Å². The molecule has 0 bridgehead atoms. The first kappa shape index (κ1) is 18.8. The molecule has 0 spiro atoms. The summed E-state index contributed by atoms with van der Waals surface area (Å²) in [7, 11) is -3.98. The number of amides is 1. The number of hydrogen-bond acceptors (Lipinski definition) is 5. The van der Waals surface area contributed by atoms with Crippen LogP contribution in [-0.4, -0.2) is 20.9 Å². The minimum absolute atomic E-state index is 0.0967. The number of ether oxygens (including phenoxy) is 1. The predicted octanol–water partition coefficient (Wildman–Crippen LogP) is 3.43. The number of benzene rings is 2. The van der Waals surface area contributed by atoms with Crippen molar-refractivity contribution < 1.29 is 22.1 Å². The zero-order chi connectivity index (χ0) is 18.6. The zero-order valence-electron chi connectivity index (χ0n) is 14.6. The molecule has 7 heteroatoms. The smallest absolute Gasteiger partial charge is 0.339 e. The lowest BCUT2D eigenvalue weighted by molar-refractivity contribution is -0.114. The van der Waals surface area contributed by atoms with Crippen molar-refractivity contribution in [1.29, 1.82) is 0 Å². The molecule has 0 saturated heterocycles. The van der Waals surface area contributed by atoms with E-state index in [9.17, 15) is 13.2 Å². The first-order chi connectivity index (χ1) is 11.7. The van der Waals surface area contributed by atoms with E-state index in [1.54, 1.807) is 38.1 Å². The molecule has 1 amide bonds. The summed E-state index contributed by atoms with van der Waals surface area (Å²) in [6.45, 7) is 7.24. The van der Waals surface area contributed by atoms with Crippen molar-refractivity contribution in [3.8, 4) is 11.5 Å². The van der Waals surface area contributed by atoms with E-state index in [1.165, 1.54) is 19.1 Å². The van der Waals surface area contributed by atoms with Crippen LogP contribution in [0.15, 0.2) is 41.3 Å². The first-order valence-corrected chi connectivity index (χ1v) is 9.20. The van der Waals surface area contributed by atoms with Crippen LogP contribution in [-0.2, 0) is 14.9 Å². The molecule has 2 aromatic rings. The summed E-state index contributed by atoms with van der Waals surface area (Å²) in [5.74, 6) is 0.612. The number of aryl methyl sites for hydroxylation is 2. The van der Waals surface area contributed by atoms with Gasteiger partial charge >= 0.3 is 10.1 Å². The van der Waals surface area contributed by atoms with Crippen LogP contribution in [0.5, 0.6) is 11.5 Å². The van der Waals surface area contributed by atoms with Gasteiger partial charge in [-0.05, 0) is 68.3 Å². The van der Waals surface area contributed by atoms with Gasteiger partial charge in [-0.15, -0.1) is 0 Å². The molecule has 1 N–H and O–H groups in total. The molecule has 2 aromatic carbocycles. The Morgan fingerprint density at radius 1 is 1.08 bits per heavy atom. The Morgan fingerprint density at radius 3 is 2.28 bits per heavy atom. The summed E-state index contributed by atoms with van der Waals surface area (Å²) in [5.41, 5.74) is 1.82. The summed E-state index contributed by atoms with van der Waals surface area (Å²) >= 11 is 0. The highest BCUT2D eigenvalue weighted by Crippen LogP contribution is 2.28. The van der Waals surface area contributed by atoms with Gasteiger partial charge in [0.2, 0.25) is 5.91 Å². The van der Waals surface area contributed by atoms with E-state index >= 15 is 0 Å². The van der Waals surface area contributed by atoms with Gasteiger partial charge in [-0.1, -0.05) is 0 Å². The molecule has 2 rings (SSSR count). The van der Waals surface area contributed by atoms with E-state index in [2.05, 4.69) is 5.32 Å². The molecule has 0 heterocycles. The third-order valence-corrected chi connectivity index (χ3v) is 4.81. The van der Waals surface area contributed by atoms with Crippen molar-refractivity contribution in [1.82, 2.24) is 0 Å². The molecule has 134 valence electrons. The zero-order valence-corrected chi connectivity index (χ0v) is 15.4. The number of nitrogens with one attached hydrogen (secondary N) is 1. The topological polar surface area (TPSA) is 81.7 Å². The third kappa shape index (κ3) is 4.73. The Balaban J connectivity index is 2.27. The van der Waals surface area contributed by atoms with Gasteiger partial charge in [0.1, 0.15) is 16.4 Å². The molecular formula is C18H21NO5S. The summed E-state index contributed by atoms with van der Waals surface area (Å²) in [4.78, 5) is 11.1. The van der Waals surface area contributed by atoms with E-state index in [0.29, 0.717) is 23.6 Å². The number of hydrogen-bond donors (Lipinski definition) is 1. The second-order valence-corrected chi connectivity index (χ2v) is 7.07. The standard InChI is InChI=1S/C18H21NO5S/c1-5-23-17-10-13(3)18(11-12(17)2)25(21,22)24-16-8-6-15(7-9-16)19-14(4)20/h6-11H,5H2,1-4H3,(H,19,20). The fourth-order valence-corrected chi connectivity index (χ4v) is 3.54. The Bertz CT molecular complexity index is 873. The summed E-state index contributed by atoms with van der Waals surface area (Å²) in [6.07, 6.45) is 0. The molecule has 0 aromatic heterocycles. The molecular weight excluding hydrogens is 342 g/mol. The highest BCUT2D eigenvalue weighted by molar-refractivity contribution is 7.87. The maximum atomic E-state index is 12.6. The van der Waals surface area contributed by atoms with E-state index in [4.69, 9.17) is 8.92 Å². The van der Waals surface area contributed by atoms with E-state index in [-0.39, 0.29) is 16.6 Å². The van der Waals surface area contributed by atoms with Crippen molar-refractivity contribution in [3.63, 3.8) is 0 Å². The highest BCUT2D eigenvalue weighted by Gasteiger charge is 2.21. The lowest BCUT2D eigenvalue weighted by atomic mass is 10.1. The van der Waals surface area contributed by atoms with Crippen LogP contribution in [0.25, 0.3) is 0 Å². The van der Waals surface area contributed by atoms with Gasteiger partial charge in [0.15, 0.2) is 0 Å². The molecule has 0 saturated carbocycles. The summed E-state index contributed by atoms with van der Waals surface area (Å²) in [5, 5.41) is 2.60. The molecule has 0 unspecified atom stereocenters. The minimum atomic E-state index is -3.98. The van der Waals surface area contributed by atoms with Crippen molar-refractivity contribution in [2.75, 3.05) is 11.9 Å². The maximum Gasteiger partial charge on any atom is 0.339 e. The Kier molecular flexibility index (Phi) is 5.69. The number of carbonyl (C=O) groups is 1. The van der Waals surface area contributed by atoms with E-state index in [1.807, 2.05) is 6.92 Å². The van der Waals surface area contributed by atoms with Gasteiger partial charge in [0.25, 0.3) is 0 Å². The maximum absolute atomic E-state index is 12.6. The average molecular weight is 363 g/mol. The van der Waals surface area contributed by atoms with Crippen LogP contribution in [0, 0.1) is 13.8 Å². The largest absolute Gasteiger partial charge is 0.494 e. The molecule has 6 nitrogen and oxygen atoms in total. The predicted molar refractivity (Wildman–Crippen MR) is 95.6 cm³/mol. The van der Waals surface area contributed by atoms with Gasteiger partial charge in [-0.3, -0.25) is 4.79 Å². The monoisotopic (exact) mass is 363 g/mol. The lowest BCUT2D eigenvalue weighted by Crippen LogP contribution is -2.12. The number of rotatable bonds is 6. The second kappa shape index (κ2) is 7.57. The van der Waals surface area contributed by atoms with Gasteiger partial charge in [0.05, 0.1) is 6.61 Å². The van der Waals surface area contributed by atoms with Crippen LogP contribution in [0.2, 0.25) is 0 Å². The van der Waals surface area contributed by atoms with Crippen molar-refractivity contribution in [3.05, 3.63) is 47.5 Å². The first-order valence-electron chi connectivity index (χ1n) is 7.79. The van der Waals surface area contributed by atoms with E-state index in [0.717, 1.165) is 5.56 Å². The highest BCUT2D eigenvalue weighted by atomic mass is 32.2. The quantitative estimate of drug-likeness (QED) is 0.795. The van der Waals surface area contributed by atoms with Gasteiger partial charge in [-0.2, -0.15) is 8.42 Å². The summed E-state index contributed by atoms with van der Waals surface area (Å²) in [6, 6.07) is 9.35. The normalized spacial score (nSPS) is 11.0. The molecule has 0 radical (unpaired) electrons. The van der Waals surface area contributed by atoms with Crippen molar-refractivity contribution in [2.45, 2.75) is 32.6 Å². The third-order valence-electron chi connectivity index (χ3n) is 3.42. The Labute approximate surface area is 147 Å². The number of anilines is 1. The van der Waals surface area contributed by atoms with E-state index < -0.39 is 10.1 Å². The minimum Gasteiger partial charge on any atom is -0.494 e. The fraction of sp³-hybridized carbons (Fsp3) is 0.278. The van der Waals surface area contributed by atoms with Crippen LogP contribution < -0.4 is 14.2 Å². The molecule has 0 aliphatic heterocycles. The fourth-order valence-electron chi connectivity index (χ4n) is 2.31. The van der Waals surface area contributed by atoms with Gasteiger partial charge in [0, 0.05) is 12.6 Å². The van der Waals surface area contributed by atoms with Crippen LogP contribution in [0.4, 0.5) is 5.69 Å².